The summed E-state index contributed by atoms with van der Waals surface area (Å²) in [6.45, 7) is 2.42. The topological polar surface area (TPSA) is 104 Å². The molecule has 8 nitrogen and oxygen atoms in total. The van der Waals surface area contributed by atoms with Crippen molar-refractivity contribution in [2.24, 2.45) is 0 Å². The van der Waals surface area contributed by atoms with Crippen LogP contribution in [-0.2, 0) is 6.54 Å². The van der Waals surface area contributed by atoms with Crippen molar-refractivity contribution in [3.8, 4) is 11.4 Å². The van der Waals surface area contributed by atoms with Crippen LogP contribution in [-0.4, -0.2) is 31.2 Å². The number of nitrogens with zero attached hydrogens (tertiary/aromatic N) is 4. The summed E-state index contributed by atoms with van der Waals surface area (Å²) in [6.07, 6.45) is 1.60. The van der Waals surface area contributed by atoms with E-state index in [1.165, 1.54) is 30.0 Å². The van der Waals surface area contributed by atoms with E-state index in [0.717, 1.165) is 16.9 Å². The molecule has 0 saturated carbocycles. The second-order valence-corrected chi connectivity index (χ2v) is 7.80. The summed E-state index contributed by atoms with van der Waals surface area (Å²) in [5.41, 5.74) is 2.19. The predicted octanol–water partition coefficient (Wildman–Crippen LogP) is 4.78. The molecule has 2 aromatic heterocycles. The minimum Gasteiger partial charge on any atom is -0.467 e. The monoisotopic (exact) mass is 434 g/mol. The summed E-state index contributed by atoms with van der Waals surface area (Å²) in [4.78, 5) is 23.1. The third-order valence-electron chi connectivity index (χ3n) is 4.60. The Labute approximate surface area is 182 Å². The van der Waals surface area contributed by atoms with E-state index >= 15 is 0 Å². The highest BCUT2D eigenvalue weighted by molar-refractivity contribution is 7.99. The van der Waals surface area contributed by atoms with Gasteiger partial charge in [0.1, 0.15) is 5.76 Å². The fraction of sp³-hybridized carbons (Fsp3) is 0.136. The van der Waals surface area contributed by atoms with Crippen LogP contribution in [0.15, 0.2) is 76.5 Å². The van der Waals surface area contributed by atoms with Crippen LogP contribution in [0.2, 0.25) is 0 Å². The molecular weight excluding hydrogens is 416 g/mol. The number of carbonyl (C=O) groups is 1. The first-order valence-electron chi connectivity index (χ1n) is 9.44. The molecule has 0 aliphatic rings. The number of benzene rings is 2. The van der Waals surface area contributed by atoms with Crippen molar-refractivity contribution in [1.29, 1.82) is 0 Å². The summed E-state index contributed by atoms with van der Waals surface area (Å²) in [7, 11) is 0. The highest BCUT2D eigenvalue weighted by Gasteiger charge is 2.18. The van der Waals surface area contributed by atoms with Gasteiger partial charge in [0, 0.05) is 23.3 Å². The number of furan rings is 1. The molecule has 0 amide bonds. The molecule has 0 atom stereocenters. The number of Topliss-reactive ketones (excluding diaryl/α,β-unsaturated/α-hetero) is 1. The standard InChI is InChI=1S/C22H18N4O4S/c1-15-5-2-7-17(11-15)21-23-24-22(25(21)13-19-9-4-10-30-19)31-14-20(27)16-6-3-8-18(12-16)26(28)29/h2-12H,13-14H2,1H3. The zero-order valence-corrected chi connectivity index (χ0v) is 17.4. The Hall–Kier alpha value is -3.72. The third kappa shape index (κ3) is 4.72. The number of non-ortho nitro benzene ring substituents is 1. The normalized spacial score (nSPS) is 10.9. The Kier molecular flexibility index (Phi) is 5.94. The van der Waals surface area contributed by atoms with E-state index in [-0.39, 0.29) is 22.8 Å². The van der Waals surface area contributed by atoms with Gasteiger partial charge in [0.15, 0.2) is 16.8 Å². The first-order valence-corrected chi connectivity index (χ1v) is 10.4. The maximum absolute atomic E-state index is 12.6. The number of aromatic nitrogens is 3. The maximum Gasteiger partial charge on any atom is 0.270 e. The molecule has 4 aromatic rings. The Morgan fingerprint density at radius 1 is 1.13 bits per heavy atom. The fourth-order valence-electron chi connectivity index (χ4n) is 3.10. The van der Waals surface area contributed by atoms with Crippen LogP contribution in [0.3, 0.4) is 0 Å². The number of nitro groups is 1. The molecule has 0 spiro atoms. The number of hydrogen-bond acceptors (Lipinski definition) is 7. The summed E-state index contributed by atoms with van der Waals surface area (Å²) >= 11 is 1.23. The molecule has 9 heteroatoms. The van der Waals surface area contributed by atoms with Gasteiger partial charge in [-0.05, 0) is 25.1 Å². The van der Waals surface area contributed by atoms with Gasteiger partial charge in [-0.1, -0.05) is 47.7 Å². The molecule has 156 valence electrons. The third-order valence-corrected chi connectivity index (χ3v) is 5.57. The summed E-state index contributed by atoms with van der Waals surface area (Å²) < 4.78 is 7.39. The van der Waals surface area contributed by atoms with Gasteiger partial charge in [-0.2, -0.15) is 0 Å². The molecular formula is C22H18N4O4S. The van der Waals surface area contributed by atoms with Crippen molar-refractivity contribution < 1.29 is 14.1 Å². The number of carbonyl (C=O) groups excluding carboxylic acids is 1. The van der Waals surface area contributed by atoms with Crippen molar-refractivity contribution in [2.75, 3.05) is 5.75 Å². The molecule has 2 heterocycles. The zero-order valence-electron chi connectivity index (χ0n) is 16.6. The van der Waals surface area contributed by atoms with Gasteiger partial charge in [0.25, 0.3) is 5.69 Å². The molecule has 31 heavy (non-hydrogen) atoms. The van der Waals surface area contributed by atoms with Crippen LogP contribution < -0.4 is 0 Å². The van der Waals surface area contributed by atoms with E-state index in [9.17, 15) is 14.9 Å². The number of hydrogen-bond donors (Lipinski definition) is 0. The highest BCUT2D eigenvalue weighted by atomic mass is 32.2. The van der Waals surface area contributed by atoms with E-state index in [4.69, 9.17) is 4.42 Å². The van der Waals surface area contributed by atoms with Gasteiger partial charge in [0.05, 0.1) is 23.5 Å². The lowest BCUT2D eigenvalue weighted by atomic mass is 10.1. The Morgan fingerprint density at radius 2 is 1.97 bits per heavy atom. The maximum atomic E-state index is 12.6. The van der Waals surface area contributed by atoms with Gasteiger partial charge < -0.3 is 4.42 Å². The predicted molar refractivity (Wildman–Crippen MR) is 116 cm³/mol. The van der Waals surface area contributed by atoms with Gasteiger partial charge in [-0.3, -0.25) is 19.5 Å². The van der Waals surface area contributed by atoms with Crippen molar-refractivity contribution >= 4 is 23.2 Å². The van der Waals surface area contributed by atoms with Crippen LogP contribution in [0.4, 0.5) is 5.69 Å². The molecule has 0 N–H and O–H groups in total. The summed E-state index contributed by atoms with van der Waals surface area (Å²) in [6, 6.07) is 17.3. The first-order chi connectivity index (χ1) is 15.0. The number of nitro benzene ring substituents is 1. The average Bonchev–Trinajstić information content (AvgIpc) is 3.42. The number of ketones is 1. The van der Waals surface area contributed by atoms with Crippen LogP contribution in [0.5, 0.6) is 0 Å². The lowest BCUT2D eigenvalue weighted by Gasteiger charge is -2.09. The molecule has 0 bridgehead atoms. The lowest BCUT2D eigenvalue weighted by molar-refractivity contribution is -0.384. The van der Waals surface area contributed by atoms with E-state index in [0.29, 0.717) is 17.5 Å². The average molecular weight is 434 g/mol. The van der Waals surface area contributed by atoms with Crippen molar-refractivity contribution in [3.05, 3.63) is 93.9 Å². The largest absolute Gasteiger partial charge is 0.467 e. The zero-order chi connectivity index (χ0) is 21.8. The molecule has 0 fully saturated rings. The minimum atomic E-state index is -0.516. The second kappa shape index (κ2) is 8.97. The van der Waals surface area contributed by atoms with Gasteiger partial charge >= 0.3 is 0 Å². The highest BCUT2D eigenvalue weighted by Crippen LogP contribution is 2.27. The van der Waals surface area contributed by atoms with Gasteiger partial charge in [-0.25, -0.2) is 0 Å². The van der Waals surface area contributed by atoms with Crippen LogP contribution >= 0.6 is 11.8 Å². The minimum absolute atomic E-state index is 0.0747. The van der Waals surface area contributed by atoms with Crippen molar-refractivity contribution in [1.82, 2.24) is 14.8 Å². The molecule has 0 aliphatic carbocycles. The van der Waals surface area contributed by atoms with E-state index in [2.05, 4.69) is 10.2 Å². The number of rotatable bonds is 8. The molecule has 2 aromatic carbocycles. The Morgan fingerprint density at radius 3 is 2.71 bits per heavy atom. The van der Waals surface area contributed by atoms with Crippen molar-refractivity contribution in [2.45, 2.75) is 18.6 Å². The van der Waals surface area contributed by atoms with E-state index in [1.54, 1.807) is 12.3 Å². The fourth-order valence-corrected chi connectivity index (χ4v) is 3.93. The van der Waals surface area contributed by atoms with Gasteiger partial charge in [0.2, 0.25) is 0 Å². The van der Waals surface area contributed by atoms with Crippen molar-refractivity contribution in [3.63, 3.8) is 0 Å². The van der Waals surface area contributed by atoms with Crippen LogP contribution in [0.25, 0.3) is 11.4 Å². The molecule has 0 radical (unpaired) electrons. The van der Waals surface area contributed by atoms with Crippen LogP contribution in [0, 0.1) is 17.0 Å². The number of thioether (sulfide) groups is 1. The van der Waals surface area contributed by atoms with E-state index < -0.39 is 4.92 Å². The summed E-state index contributed by atoms with van der Waals surface area (Å²) in [5, 5.41) is 20.2. The number of aryl methyl sites for hydroxylation is 1. The smallest absolute Gasteiger partial charge is 0.270 e. The molecule has 0 saturated heterocycles. The molecule has 4 rings (SSSR count). The van der Waals surface area contributed by atoms with E-state index in [1.807, 2.05) is 47.9 Å². The Bertz CT molecular complexity index is 1230. The SMILES string of the molecule is Cc1cccc(-c2nnc(SCC(=O)c3cccc([N+](=O)[O-])c3)n2Cc2ccco2)c1. The molecule has 0 unspecified atom stereocenters. The summed E-state index contributed by atoms with van der Waals surface area (Å²) in [5.74, 6) is 1.26. The van der Waals surface area contributed by atoms with Crippen LogP contribution in [0.1, 0.15) is 21.7 Å². The Balaban J connectivity index is 1.60. The lowest BCUT2D eigenvalue weighted by Crippen LogP contribution is -2.07. The first kappa shape index (κ1) is 20.5. The quantitative estimate of drug-likeness (QED) is 0.170. The van der Waals surface area contributed by atoms with Gasteiger partial charge in [-0.15, -0.1) is 10.2 Å². The second-order valence-electron chi connectivity index (χ2n) is 6.86. The molecule has 0 aliphatic heterocycles.